The van der Waals surface area contributed by atoms with Gasteiger partial charge in [-0.05, 0) is 36.4 Å². The predicted octanol–water partition coefficient (Wildman–Crippen LogP) is 4.80. The van der Waals surface area contributed by atoms with Crippen LogP contribution in [-0.4, -0.2) is 16.1 Å². The van der Waals surface area contributed by atoms with Gasteiger partial charge in [0, 0.05) is 10.6 Å². The Balaban J connectivity index is 2.18. The molecule has 6 heteroatoms. The third-order valence-corrected chi connectivity index (χ3v) is 3.77. The molecule has 0 aliphatic heterocycles. The Bertz CT molecular complexity index is 844. The fourth-order valence-corrected chi connectivity index (χ4v) is 2.51. The highest BCUT2D eigenvalue weighted by Gasteiger charge is 2.18. The standard InChI is InChI=1S/C16H9Cl2FN2O/c17-11-4-6-13(7-5-11)21-16(18)14(9-22)15(20-21)10-2-1-3-12(19)8-10/h1-9H. The van der Waals surface area contributed by atoms with Crippen LogP contribution in [0.1, 0.15) is 10.4 Å². The maximum Gasteiger partial charge on any atom is 0.155 e. The molecule has 0 saturated heterocycles. The van der Waals surface area contributed by atoms with E-state index in [1.54, 1.807) is 36.4 Å². The number of hydrogen-bond donors (Lipinski definition) is 0. The summed E-state index contributed by atoms with van der Waals surface area (Å²) >= 11 is 12.1. The van der Waals surface area contributed by atoms with Gasteiger partial charge in [0.25, 0.3) is 0 Å². The molecule has 0 unspecified atom stereocenters. The normalized spacial score (nSPS) is 10.7. The van der Waals surface area contributed by atoms with Gasteiger partial charge in [0.15, 0.2) is 6.29 Å². The van der Waals surface area contributed by atoms with Crippen LogP contribution < -0.4 is 0 Å². The Kier molecular flexibility index (Phi) is 3.96. The number of hydrogen-bond acceptors (Lipinski definition) is 2. The molecule has 0 aliphatic carbocycles. The predicted molar refractivity (Wildman–Crippen MR) is 84.4 cm³/mol. The Labute approximate surface area is 135 Å². The summed E-state index contributed by atoms with van der Waals surface area (Å²) in [5, 5.41) is 5.08. The molecule has 2 aromatic carbocycles. The van der Waals surface area contributed by atoms with Crippen LogP contribution in [0.3, 0.4) is 0 Å². The number of aldehydes is 1. The minimum absolute atomic E-state index is 0.164. The highest BCUT2D eigenvalue weighted by molar-refractivity contribution is 6.33. The lowest BCUT2D eigenvalue weighted by molar-refractivity contribution is 0.112. The van der Waals surface area contributed by atoms with Gasteiger partial charge in [0.05, 0.1) is 11.3 Å². The molecule has 110 valence electrons. The maximum absolute atomic E-state index is 13.4. The highest BCUT2D eigenvalue weighted by Crippen LogP contribution is 2.30. The molecule has 0 amide bonds. The van der Waals surface area contributed by atoms with E-state index >= 15 is 0 Å². The molecule has 0 radical (unpaired) electrons. The summed E-state index contributed by atoms with van der Waals surface area (Å²) in [7, 11) is 0. The van der Waals surface area contributed by atoms with Crippen molar-refractivity contribution >= 4 is 29.5 Å². The van der Waals surface area contributed by atoms with Crippen molar-refractivity contribution in [3.8, 4) is 16.9 Å². The molecule has 0 atom stereocenters. The van der Waals surface area contributed by atoms with Crippen LogP contribution in [0.5, 0.6) is 0 Å². The van der Waals surface area contributed by atoms with Crippen molar-refractivity contribution in [2.24, 2.45) is 0 Å². The lowest BCUT2D eigenvalue weighted by Gasteiger charge is -2.02. The molecule has 0 spiro atoms. The third kappa shape index (κ3) is 2.63. The van der Waals surface area contributed by atoms with Gasteiger partial charge in [-0.1, -0.05) is 35.3 Å². The molecule has 0 saturated carbocycles. The van der Waals surface area contributed by atoms with Crippen LogP contribution in [0.4, 0.5) is 4.39 Å². The summed E-state index contributed by atoms with van der Waals surface area (Å²) in [6.45, 7) is 0. The molecule has 0 N–H and O–H groups in total. The first-order valence-electron chi connectivity index (χ1n) is 6.35. The zero-order valence-electron chi connectivity index (χ0n) is 11.1. The smallest absolute Gasteiger partial charge is 0.155 e. The molecule has 3 nitrogen and oxygen atoms in total. The fourth-order valence-electron chi connectivity index (χ4n) is 2.12. The topological polar surface area (TPSA) is 34.9 Å². The summed E-state index contributed by atoms with van der Waals surface area (Å²) in [6, 6.07) is 12.7. The number of nitrogens with zero attached hydrogens (tertiary/aromatic N) is 2. The summed E-state index contributed by atoms with van der Waals surface area (Å²) in [4.78, 5) is 11.4. The van der Waals surface area contributed by atoms with E-state index in [-0.39, 0.29) is 10.7 Å². The van der Waals surface area contributed by atoms with Crippen molar-refractivity contribution in [2.75, 3.05) is 0 Å². The molecule has 0 bridgehead atoms. The third-order valence-electron chi connectivity index (χ3n) is 3.15. The highest BCUT2D eigenvalue weighted by atomic mass is 35.5. The van der Waals surface area contributed by atoms with Gasteiger partial charge in [0.1, 0.15) is 16.7 Å². The van der Waals surface area contributed by atoms with Gasteiger partial charge in [-0.2, -0.15) is 5.10 Å². The van der Waals surface area contributed by atoms with E-state index in [1.165, 1.54) is 16.8 Å². The molecule has 3 aromatic rings. The summed E-state index contributed by atoms with van der Waals surface area (Å²) in [5.74, 6) is -0.411. The second kappa shape index (κ2) is 5.91. The summed E-state index contributed by atoms with van der Waals surface area (Å²) in [6.07, 6.45) is 0.613. The number of halogens is 3. The second-order valence-corrected chi connectivity index (χ2v) is 5.36. The van der Waals surface area contributed by atoms with Crippen LogP contribution in [0, 0.1) is 5.82 Å². The van der Waals surface area contributed by atoms with Crippen molar-refractivity contribution in [2.45, 2.75) is 0 Å². The lowest BCUT2D eigenvalue weighted by atomic mass is 10.1. The molecule has 3 rings (SSSR count). The minimum Gasteiger partial charge on any atom is -0.298 e. The zero-order chi connectivity index (χ0) is 15.7. The minimum atomic E-state index is -0.411. The van der Waals surface area contributed by atoms with Crippen LogP contribution in [0.15, 0.2) is 48.5 Å². The summed E-state index contributed by atoms with van der Waals surface area (Å²) in [5.41, 5.74) is 1.67. The summed E-state index contributed by atoms with van der Waals surface area (Å²) < 4.78 is 14.8. The molecule has 0 fully saturated rings. The van der Waals surface area contributed by atoms with Crippen LogP contribution in [0.2, 0.25) is 10.2 Å². The van der Waals surface area contributed by atoms with Gasteiger partial charge >= 0.3 is 0 Å². The Morgan fingerprint density at radius 3 is 2.45 bits per heavy atom. The van der Waals surface area contributed by atoms with Gasteiger partial charge in [-0.15, -0.1) is 0 Å². The van der Waals surface area contributed by atoms with E-state index in [1.807, 2.05) is 0 Å². The largest absolute Gasteiger partial charge is 0.298 e. The van der Waals surface area contributed by atoms with E-state index in [9.17, 15) is 9.18 Å². The van der Waals surface area contributed by atoms with Gasteiger partial charge < -0.3 is 0 Å². The van der Waals surface area contributed by atoms with Crippen molar-refractivity contribution in [1.29, 1.82) is 0 Å². The van der Waals surface area contributed by atoms with E-state index in [4.69, 9.17) is 23.2 Å². The first kappa shape index (κ1) is 14.8. The number of benzene rings is 2. The van der Waals surface area contributed by atoms with Crippen LogP contribution in [-0.2, 0) is 0 Å². The average Bonchev–Trinajstić information content (AvgIpc) is 2.85. The van der Waals surface area contributed by atoms with Crippen molar-refractivity contribution in [1.82, 2.24) is 9.78 Å². The zero-order valence-corrected chi connectivity index (χ0v) is 12.6. The number of rotatable bonds is 3. The quantitative estimate of drug-likeness (QED) is 0.645. The molecular weight excluding hydrogens is 326 g/mol. The van der Waals surface area contributed by atoms with E-state index in [0.29, 0.717) is 28.3 Å². The Hall–Kier alpha value is -2.17. The monoisotopic (exact) mass is 334 g/mol. The molecule has 1 heterocycles. The van der Waals surface area contributed by atoms with E-state index in [0.717, 1.165) is 0 Å². The van der Waals surface area contributed by atoms with Crippen molar-refractivity contribution in [3.63, 3.8) is 0 Å². The van der Waals surface area contributed by atoms with Crippen LogP contribution in [0.25, 0.3) is 16.9 Å². The van der Waals surface area contributed by atoms with Gasteiger partial charge in [0.2, 0.25) is 0 Å². The maximum atomic E-state index is 13.4. The fraction of sp³-hybridized carbons (Fsp3) is 0. The average molecular weight is 335 g/mol. The number of aromatic nitrogens is 2. The molecule has 1 aromatic heterocycles. The Morgan fingerprint density at radius 2 is 1.82 bits per heavy atom. The SMILES string of the molecule is O=Cc1c(-c2cccc(F)c2)nn(-c2ccc(Cl)cc2)c1Cl. The number of carbonyl (C=O) groups excluding carboxylic acids is 1. The first-order chi connectivity index (χ1) is 10.6. The van der Waals surface area contributed by atoms with Crippen LogP contribution >= 0.6 is 23.2 Å². The lowest BCUT2D eigenvalue weighted by Crippen LogP contribution is -1.96. The molecule has 0 aliphatic rings. The molecular formula is C16H9Cl2FN2O. The van der Waals surface area contributed by atoms with Gasteiger partial charge in [-0.3, -0.25) is 4.79 Å². The van der Waals surface area contributed by atoms with Gasteiger partial charge in [-0.25, -0.2) is 9.07 Å². The number of carbonyl (C=O) groups is 1. The second-order valence-electron chi connectivity index (χ2n) is 4.57. The van der Waals surface area contributed by atoms with E-state index in [2.05, 4.69) is 5.10 Å². The van der Waals surface area contributed by atoms with Crippen molar-refractivity contribution < 1.29 is 9.18 Å². The molecule has 22 heavy (non-hydrogen) atoms. The first-order valence-corrected chi connectivity index (χ1v) is 7.11. The van der Waals surface area contributed by atoms with Crippen molar-refractivity contribution in [3.05, 3.63) is 70.1 Å². The Morgan fingerprint density at radius 1 is 1.09 bits per heavy atom. The van der Waals surface area contributed by atoms with E-state index < -0.39 is 5.82 Å².